The van der Waals surface area contributed by atoms with Gasteiger partial charge in [-0.1, -0.05) is 18.2 Å². The van der Waals surface area contributed by atoms with Crippen LogP contribution in [0.15, 0.2) is 47.3 Å². The van der Waals surface area contributed by atoms with Crippen molar-refractivity contribution in [2.24, 2.45) is 0 Å². The Morgan fingerprint density at radius 2 is 1.62 bits per heavy atom. The lowest BCUT2D eigenvalue weighted by Crippen LogP contribution is -2.25. The summed E-state index contributed by atoms with van der Waals surface area (Å²) in [7, 11) is 4.58. The molecule has 0 aliphatic rings. The Morgan fingerprint density at radius 1 is 0.938 bits per heavy atom. The zero-order valence-electron chi connectivity index (χ0n) is 17.7. The molecule has 2 heterocycles. The van der Waals surface area contributed by atoms with Crippen molar-refractivity contribution in [1.82, 2.24) is 25.7 Å². The summed E-state index contributed by atoms with van der Waals surface area (Å²) in [6.07, 6.45) is 0. The van der Waals surface area contributed by atoms with E-state index in [-0.39, 0.29) is 23.7 Å². The van der Waals surface area contributed by atoms with Crippen LogP contribution < -0.4 is 25.1 Å². The number of aromatic amines is 2. The van der Waals surface area contributed by atoms with Crippen LogP contribution in [-0.4, -0.2) is 47.6 Å². The highest BCUT2D eigenvalue weighted by molar-refractivity contribution is 5.93. The molecule has 1 amide bonds. The van der Waals surface area contributed by atoms with Crippen LogP contribution in [-0.2, 0) is 6.54 Å². The lowest BCUT2D eigenvalue weighted by Gasteiger charge is -2.13. The van der Waals surface area contributed by atoms with Crippen molar-refractivity contribution in [3.63, 3.8) is 0 Å². The van der Waals surface area contributed by atoms with Crippen LogP contribution in [0.25, 0.3) is 22.0 Å². The summed E-state index contributed by atoms with van der Waals surface area (Å²) in [5.74, 6) is 1.06. The Balaban J connectivity index is 1.55. The minimum Gasteiger partial charge on any atom is -0.493 e. The lowest BCUT2D eigenvalue weighted by atomic mass is 10.1. The number of H-pyrrole nitrogens is 2. The molecule has 0 bridgehead atoms. The topological polar surface area (TPSA) is 131 Å². The lowest BCUT2D eigenvalue weighted by molar-refractivity contribution is 0.0945. The molecule has 0 fully saturated rings. The smallest absolute Gasteiger partial charge is 0.272 e. The third kappa shape index (κ3) is 3.85. The maximum Gasteiger partial charge on any atom is 0.272 e. The van der Waals surface area contributed by atoms with Gasteiger partial charge in [0.25, 0.3) is 11.5 Å². The molecule has 0 spiro atoms. The minimum atomic E-state index is -0.367. The zero-order valence-corrected chi connectivity index (χ0v) is 17.7. The third-order valence-electron chi connectivity index (χ3n) is 4.97. The summed E-state index contributed by atoms with van der Waals surface area (Å²) in [5, 5.41) is 17.5. The molecule has 3 N–H and O–H groups in total. The van der Waals surface area contributed by atoms with Gasteiger partial charge in [-0.25, -0.2) is 5.10 Å². The number of nitrogens with one attached hydrogen (secondary N) is 3. The van der Waals surface area contributed by atoms with Gasteiger partial charge in [0, 0.05) is 10.9 Å². The summed E-state index contributed by atoms with van der Waals surface area (Å²) in [6.45, 7) is 0.134. The SMILES string of the molecule is COc1cc(-c2cc(C(=O)NCc3n[nH]c(=O)c4ccccc34)[nH]n2)cc(OC)c1OC. The predicted octanol–water partition coefficient (Wildman–Crippen LogP) is 2.27. The fourth-order valence-corrected chi connectivity index (χ4v) is 3.38. The number of aromatic nitrogens is 4. The van der Waals surface area contributed by atoms with E-state index < -0.39 is 0 Å². The first kappa shape index (κ1) is 20.9. The highest BCUT2D eigenvalue weighted by Gasteiger charge is 2.17. The number of nitrogens with zero attached hydrogens (tertiary/aromatic N) is 2. The number of benzene rings is 2. The molecule has 0 saturated carbocycles. The summed E-state index contributed by atoms with van der Waals surface area (Å²) in [5.41, 5.74) is 1.75. The molecular weight excluding hydrogens is 414 g/mol. The Bertz CT molecular complexity index is 1320. The molecule has 0 atom stereocenters. The van der Waals surface area contributed by atoms with Crippen molar-refractivity contribution in [3.05, 3.63) is 64.2 Å². The van der Waals surface area contributed by atoms with Gasteiger partial charge in [0.1, 0.15) is 5.69 Å². The van der Waals surface area contributed by atoms with Crippen LogP contribution in [0.4, 0.5) is 0 Å². The largest absolute Gasteiger partial charge is 0.493 e. The molecular formula is C22H21N5O5. The van der Waals surface area contributed by atoms with Crippen LogP contribution in [0.5, 0.6) is 17.2 Å². The molecule has 0 unspecified atom stereocenters. The van der Waals surface area contributed by atoms with E-state index in [2.05, 4.69) is 25.7 Å². The van der Waals surface area contributed by atoms with E-state index >= 15 is 0 Å². The number of hydrogen-bond donors (Lipinski definition) is 3. The monoisotopic (exact) mass is 435 g/mol. The normalized spacial score (nSPS) is 10.7. The summed E-state index contributed by atoms with van der Waals surface area (Å²) in [4.78, 5) is 24.6. The van der Waals surface area contributed by atoms with Crippen LogP contribution in [0.2, 0.25) is 0 Å². The van der Waals surface area contributed by atoms with E-state index in [1.54, 1.807) is 36.4 Å². The van der Waals surface area contributed by atoms with E-state index in [0.29, 0.717) is 45.0 Å². The average Bonchev–Trinajstić information content (AvgIpc) is 3.33. The molecule has 0 aliphatic carbocycles. The Morgan fingerprint density at radius 3 is 2.28 bits per heavy atom. The number of ether oxygens (including phenoxy) is 3. The molecule has 32 heavy (non-hydrogen) atoms. The molecule has 0 radical (unpaired) electrons. The number of fused-ring (bicyclic) bond motifs is 1. The van der Waals surface area contributed by atoms with E-state index in [1.165, 1.54) is 21.3 Å². The van der Waals surface area contributed by atoms with Gasteiger partial charge in [-0.2, -0.15) is 10.2 Å². The number of hydrogen-bond acceptors (Lipinski definition) is 7. The molecule has 0 aliphatic heterocycles. The quantitative estimate of drug-likeness (QED) is 0.406. The first-order valence-electron chi connectivity index (χ1n) is 9.66. The molecule has 164 valence electrons. The predicted molar refractivity (Wildman–Crippen MR) is 117 cm³/mol. The van der Waals surface area contributed by atoms with E-state index in [4.69, 9.17) is 14.2 Å². The van der Waals surface area contributed by atoms with Crippen LogP contribution in [0, 0.1) is 0 Å². The van der Waals surface area contributed by atoms with E-state index in [1.807, 2.05) is 6.07 Å². The first-order valence-corrected chi connectivity index (χ1v) is 9.66. The van der Waals surface area contributed by atoms with Crippen molar-refractivity contribution < 1.29 is 19.0 Å². The molecule has 4 aromatic rings. The Kier molecular flexibility index (Phi) is 5.75. The number of rotatable bonds is 7. The number of amides is 1. The van der Waals surface area contributed by atoms with Gasteiger partial charge in [0.2, 0.25) is 5.75 Å². The molecule has 10 heteroatoms. The second-order valence-corrected chi connectivity index (χ2v) is 6.81. The second kappa shape index (κ2) is 8.80. The highest BCUT2D eigenvalue weighted by Crippen LogP contribution is 2.40. The maximum atomic E-state index is 12.7. The standard InChI is InChI=1S/C22H21N5O5/c1-30-18-8-12(9-19(31-2)20(18)32-3)15-10-16(25-24-15)22(29)23-11-17-13-6-4-5-7-14(13)21(28)27-26-17/h4-10H,11H2,1-3H3,(H,23,29)(H,24,25)(H,27,28). The van der Waals surface area contributed by atoms with Crippen molar-refractivity contribution in [3.8, 4) is 28.5 Å². The van der Waals surface area contributed by atoms with Crippen molar-refractivity contribution >= 4 is 16.7 Å². The van der Waals surface area contributed by atoms with Gasteiger partial charge in [-0.05, 0) is 24.3 Å². The second-order valence-electron chi connectivity index (χ2n) is 6.81. The van der Waals surface area contributed by atoms with Crippen molar-refractivity contribution in [1.29, 1.82) is 0 Å². The number of methoxy groups -OCH3 is 3. The van der Waals surface area contributed by atoms with Gasteiger partial charge in [0.05, 0.1) is 44.6 Å². The Hall–Kier alpha value is -4.34. The molecule has 10 nitrogen and oxygen atoms in total. The van der Waals surface area contributed by atoms with Crippen molar-refractivity contribution in [2.45, 2.75) is 6.54 Å². The van der Waals surface area contributed by atoms with Crippen LogP contribution in [0.1, 0.15) is 16.2 Å². The molecule has 0 saturated heterocycles. The van der Waals surface area contributed by atoms with Crippen LogP contribution >= 0.6 is 0 Å². The highest BCUT2D eigenvalue weighted by atomic mass is 16.5. The summed E-state index contributed by atoms with van der Waals surface area (Å²) in [6, 6.07) is 12.2. The maximum absolute atomic E-state index is 12.7. The van der Waals surface area contributed by atoms with Gasteiger partial charge in [-0.3, -0.25) is 14.7 Å². The zero-order chi connectivity index (χ0) is 22.7. The van der Waals surface area contributed by atoms with Crippen LogP contribution in [0.3, 0.4) is 0 Å². The van der Waals surface area contributed by atoms with E-state index in [0.717, 1.165) is 0 Å². The fourth-order valence-electron chi connectivity index (χ4n) is 3.38. The van der Waals surface area contributed by atoms with Crippen molar-refractivity contribution in [2.75, 3.05) is 21.3 Å². The molecule has 2 aromatic heterocycles. The van der Waals surface area contributed by atoms with Gasteiger partial charge in [-0.15, -0.1) is 0 Å². The molecule has 4 rings (SSSR count). The van der Waals surface area contributed by atoms with Gasteiger partial charge in [0.15, 0.2) is 11.5 Å². The average molecular weight is 435 g/mol. The fraction of sp³-hybridized carbons (Fsp3) is 0.182. The van der Waals surface area contributed by atoms with Gasteiger partial charge < -0.3 is 19.5 Å². The third-order valence-corrected chi connectivity index (χ3v) is 4.97. The molecule has 2 aromatic carbocycles. The number of carbonyl (C=O) groups is 1. The summed E-state index contributed by atoms with van der Waals surface area (Å²) >= 11 is 0. The minimum absolute atomic E-state index is 0.134. The van der Waals surface area contributed by atoms with Gasteiger partial charge >= 0.3 is 0 Å². The Labute approximate surface area is 182 Å². The van der Waals surface area contributed by atoms with E-state index in [9.17, 15) is 9.59 Å². The summed E-state index contributed by atoms with van der Waals surface area (Å²) < 4.78 is 16.1. The first-order chi connectivity index (χ1) is 15.5. The number of carbonyl (C=O) groups excluding carboxylic acids is 1.